The molecule has 1 amide bonds. The number of alkyl halides is 1. The first-order chi connectivity index (χ1) is 13.2. The van der Waals surface area contributed by atoms with Gasteiger partial charge in [0.2, 0.25) is 5.91 Å². The van der Waals surface area contributed by atoms with Crippen molar-refractivity contribution in [1.29, 1.82) is 0 Å². The normalized spacial score (nSPS) is 22.0. The van der Waals surface area contributed by atoms with Crippen molar-refractivity contribution in [2.45, 2.75) is 57.4 Å². The predicted octanol–water partition coefficient (Wildman–Crippen LogP) is 5.02. The minimum atomic E-state index is -0.133. The average Bonchev–Trinajstić information content (AvgIpc) is 3.14. The molecule has 0 saturated carbocycles. The first-order valence-electron chi connectivity index (χ1n) is 9.76. The number of amides is 1. The van der Waals surface area contributed by atoms with E-state index >= 15 is 0 Å². The Morgan fingerprint density at radius 3 is 3.04 bits per heavy atom. The van der Waals surface area contributed by atoms with E-state index in [1.54, 1.807) is 18.5 Å². The van der Waals surface area contributed by atoms with E-state index in [2.05, 4.69) is 22.5 Å². The fraction of sp³-hybridized carbons (Fsp3) is 0.455. The number of allylic oxidation sites excluding steroid dienone is 3. The molecule has 3 rings (SSSR count). The highest BCUT2D eigenvalue weighted by molar-refractivity contribution is 6.22. The summed E-state index contributed by atoms with van der Waals surface area (Å²) in [6.07, 6.45) is 15.9. The molecular weight excluding hydrogens is 360 g/mol. The van der Waals surface area contributed by atoms with Crippen LogP contribution in [-0.2, 0) is 9.53 Å². The molecule has 0 spiro atoms. The summed E-state index contributed by atoms with van der Waals surface area (Å²) in [5, 5.41) is 2.85. The molecule has 1 aromatic heterocycles. The van der Waals surface area contributed by atoms with Gasteiger partial charge in [0.1, 0.15) is 11.9 Å². The number of hydrogen-bond acceptors (Lipinski definition) is 3. The number of carbonyl (C=O) groups excluding carboxylic acids is 1. The minimum absolute atomic E-state index is 0.0326. The Labute approximate surface area is 167 Å². The SMILES string of the molecule is CC.O=C(/C=C/c1cccnc1)NCC1CC2=C(O1)C(Cl)CCCC=CC2. The number of carbonyl (C=O) groups is 1. The van der Waals surface area contributed by atoms with Crippen LogP contribution < -0.4 is 5.32 Å². The third-order valence-electron chi connectivity index (χ3n) is 4.38. The van der Waals surface area contributed by atoms with Crippen LogP contribution in [0.4, 0.5) is 0 Å². The van der Waals surface area contributed by atoms with Crippen LogP contribution in [0.3, 0.4) is 0 Å². The molecule has 1 aliphatic heterocycles. The molecule has 0 fully saturated rings. The van der Waals surface area contributed by atoms with Gasteiger partial charge in [0.25, 0.3) is 0 Å². The van der Waals surface area contributed by atoms with E-state index in [1.165, 1.54) is 11.6 Å². The number of rotatable bonds is 4. The number of nitrogens with one attached hydrogen (secondary N) is 1. The largest absolute Gasteiger partial charge is 0.491 e. The van der Waals surface area contributed by atoms with Gasteiger partial charge in [0, 0.05) is 24.9 Å². The van der Waals surface area contributed by atoms with Gasteiger partial charge in [-0.05, 0) is 49.0 Å². The van der Waals surface area contributed by atoms with E-state index in [1.807, 2.05) is 26.0 Å². The summed E-state index contributed by atoms with van der Waals surface area (Å²) in [4.78, 5) is 16.0. The molecule has 0 radical (unpaired) electrons. The van der Waals surface area contributed by atoms with Gasteiger partial charge in [-0.2, -0.15) is 0 Å². The molecule has 2 atom stereocenters. The lowest BCUT2D eigenvalue weighted by Crippen LogP contribution is -2.31. The highest BCUT2D eigenvalue weighted by Gasteiger charge is 2.29. The molecule has 146 valence electrons. The van der Waals surface area contributed by atoms with Gasteiger partial charge in [-0.25, -0.2) is 0 Å². The molecule has 0 aromatic carbocycles. The fourth-order valence-corrected chi connectivity index (χ4v) is 3.44. The number of halogens is 1. The maximum atomic E-state index is 12.0. The van der Waals surface area contributed by atoms with Gasteiger partial charge in [-0.15, -0.1) is 11.6 Å². The molecule has 2 unspecified atom stereocenters. The number of ether oxygens (including phenoxy) is 1. The van der Waals surface area contributed by atoms with Crippen molar-refractivity contribution in [3.05, 3.63) is 59.7 Å². The molecule has 27 heavy (non-hydrogen) atoms. The van der Waals surface area contributed by atoms with Gasteiger partial charge in [0.15, 0.2) is 0 Å². The molecule has 4 nitrogen and oxygen atoms in total. The van der Waals surface area contributed by atoms with Crippen LogP contribution in [0.5, 0.6) is 0 Å². The van der Waals surface area contributed by atoms with Crippen LogP contribution in [0, 0.1) is 0 Å². The van der Waals surface area contributed by atoms with Gasteiger partial charge >= 0.3 is 0 Å². The lowest BCUT2D eigenvalue weighted by Gasteiger charge is -2.16. The predicted molar refractivity (Wildman–Crippen MR) is 111 cm³/mol. The second-order valence-corrected chi connectivity index (χ2v) is 6.88. The maximum Gasteiger partial charge on any atom is 0.244 e. The summed E-state index contributed by atoms with van der Waals surface area (Å²) in [6, 6.07) is 3.74. The topological polar surface area (TPSA) is 51.2 Å². The first kappa shape index (κ1) is 21.2. The first-order valence-corrected chi connectivity index (χ1v) is 10.2. The molecule has 1 aliphatic carbocycles. The molecule has 5 heteroatoms. The Kier molecular flexibility index (Phi) is 9.12. The van der Waals surface area contributed by atoms with Gasteiger partial charge in [0.05, 0.1) is 11.9 Å². The van der Waals surface area contributed by atoms with Crippen LogP contribution in [0.2, 0.25) is 0 Å². The second kappa shape index (κ2) is 11.6. The number of aromatic nitrogens is 1. The van der Waals surface area contributed by atoms with E-state index in [0.29, 0.717) is 6.54 Å². The number of nitrogens with zero attached hydrogens (tertiary/aromatic N) is 1. The van der Waals surface area contributed by atoms with Gasteiger partial charge in [-0.3, -0.25) is 9.78 Å². The van der Waals surface area contributed by atoms with Crippen LogP contribution in [0.25, 0.3) is 6.08 Å². The monoisotopic (exact) mass is 388 g/mol. The van der Waals surface area contributed by atoms with Gasteiger partial charge in [-0.1, -0.05) is 32.1 Å². The fourth-order valence-electron chi connectivity index (χ4n) is 3.08. The lowest BCUT2D eigenvalue weighted by atomic mass is 10.0. The zero-order valence-corrected chi connectivity index (χ0v) is 16.9. The standard InChI is InChI=1S/C20H23ClN2O2.C2H6/c21-18-8-4-2-1-3-7-16-12-17(25-20(16)18)14-23-19(24)10-9-15-6-5-11-22-13-15;1-2/h1,3,5-6,9-11,13,17-18H,2,4,7-8,12,14H2,(H,23,24);1-2H3/b3-1?,10-9+;. The van der Waals surface area contributed by atoms with Gasteiger partial charge < -0.3 is 10.1 Å². The second-order valence-electron chi connectivity index (χ2n) is 6.35. The molecule has 2 aliphatic rings. The van der Waals surface area contributed by atoms with Crippen molar-refractivity contribution in [2.75, 3.05) is 6.54 Å². The van der Waals surface area contributed by atoms with Crippen LogP contribution in [0.1, 0.15) is 51.5 Å². The van der Waals surface area contributed by atoms with Crippen molar-refractivity contribution < 1.29 is 9.53 Å². The van der Waals surface area contributed by atoms with E-state index in [0.717, 1.165) is 43.4 Å². The van der Waals surface area contributed by atoms with E-state index in [4.69, 9.17) is 16.3 Å². The molecule has 1 aromatic rings. The Morgan fingerprint density at radius 2 is 2.26 bits per heavy atom. The highest BCUT2D eigenvalue weighted by atomic mass is 35.5. The summed E-state index contributed by atoms with van der Waals surface area (Å²) in [6.45, 7) is 4.48. The summed E-state index contributed by atoms with van der Waals surface area (Å²) in [5.41, 5.74) is 2.16. The maximum absolute atomic E-state index is 12.0. The summed E-state index contributed by atoms with van der Waals surface area (Å²) < 4.78 is 6.05. The number of hydrogen-bond donors (Lipinski definition) is 1. The molecule has 0 bridgehead atoms. The van der Waals surface area contributed by atoms with Crippen molar-refractivity contribution in [3.8, 4) is 0 Å². The van der Waals surface area contributed by atoms with Crippen molar-refractivity contribution in [1.82, 2.24) is 10.3 Å². The van der Waals surface area contributed by atoms with Crippen molar-refractivity contribution in [2.24, 2.45) is 0 Å². The van der Waals surface area contributed by atoms with Crippen molar-refractivity contribution in [3.63, 3.8) is 0 Å². The van der Waals surface area contributed by atoms with E-state index in [9.17, 15) is 4.79 Å². The Hall–Kier alpha value is -2.07. The van der Waals surface area contributed by atoms with E-state index in [-0.39, 0.29) is 17.4 Å². The van der Waals surface area contributed by atoms with Crippen LogP contribution in [0.15, 0.2) is 54.1 Å². The Morgan fingerprint density at radius 1 is 1.41 bits per heavy atom. The van der Waals surface area contributed by atoms with Crippen molar-refractivity contribution >= 4 is 23.6 Å². The lowest BCUT2D eigenvalue weighted by molar-refractivity contribution is -0.116. The minimum Gasteiger partial charge on any atom is -0.491 e. The summed E-state index contributed by atoms with van der Waals surface area (Å²) in [7, 11) is 0. The third-order valence-corrected chi connectivity index (χ3v) is 4.79. The third kappa shape index (κ3) is 6.87. The average molecular weight is 389 g/mol. The molecule has 0 saturated heterocycles. The Balaban J connectivity index is 0.00000126. The zero-order chi connectivity index (χ0) is 19.5. The summed E-state index contributed by atoms with van der Waals surface area (Å²) >= 11 is 6.50. The van der Waals surface area contributed by atoms with Crippen LogP contribution >= 0.6 is 11.6 Å². The van der Waals surface area contributed by atoms with Crippen LogP contribution in [-0.4, -0.2) is 28.9 Å². The zero-order valence-electron chi connectivity index (χ0n) is 16.2. The van der Waals surface area contributed by atoms with E-state index < -0.39 is 0 Å². The molecular formula is C22H29ClN2O2. The number of pyridine rings is 1. The molecule has 1 N–H and O–H groups in total. The smallest absolute Gasteiger partial charge is 0.244 e. The molecule has 2 heterocycles. The summed E-state index contributed by atoms with van der Waals surface area (Å²) in [5.74, 6) is 0.796. The Bertz CT molecular complexity index is 683. The highest BCUT2D eigenvalue weighted by Crippen LogP contribution is 2.34. The quantitative estimate of drug-likeness (QED) is 0.447.